The molecule has 1 N–H and O–H groups in total. The van der Waals surface area contributed by atoms with Crippen molar-refractivity contribution >= 4 is 33.6 Å². The molecule has 1 aromatic rings. The van der Waals surface area contributed by atoms with Crippen LogP contribution in [0.2, 0.25) is 0 Å². The van der Waals surface area contributed by atoms with Crippen LogP contribution in [0.5, 0.6) is 0 Å². The zero-order valence-corrected chi connectivity index (χ0v) is 11.6. The van der Waals surface area contributed by atoms with Crippen LogP contribution in [0.25, 0.3) is 0 Å². The van der Waals surface area contributed by atoms with Gasteiger partial charge < -0.3 is 10.0 Å². The van der Waals surface area contributed by atoms with E-state index >= 15 is 0 Å². The molecule has 96 valence electrons. The van der Waals surface area contributed by atoms with E-state index in [9.17, 15) is 14.7 Å². The molecule has 5 nitrogen and oxygen atoms in total. The molecule has 1 heterocycles. The predicted molar refractivity (Wildman–Crippen MR) is 70.8 cm³/mol. The van der Waals surface area contributed by atoms with Crippen molar-refractivity contribution in [3.8, 4) is 0 Å². The molecule has 1 saturated heterocycles. The highest BCUT2D eigenvalue weighted by molar-refractivity contribution is 9.10. The summed E-state index contributed by atoms with van der Waals surface area (Å²) >= 11 is 3.38. The van der Waals surface area contributed by atoms with Crippen LogP contribution < -0.4 is 4.90 Å². The molecule has 0 aliphatic carbocycles. The number of amides is 2. The standard InChI is InChI=1S/C12H13BrN2O3/c1-7-3-4-9(8(13)5-7)15-10(11(16)17)6-14(2)12(15)18/h3-5,10H,6H2,1-2H3,(H,16,17). The second-order valence-corrected chi connectivity index (χ2v) is 5.20. The van der Waals surface area contributed by atoms with Crippen LogP contribution in [0.4, 0.5) is 10.5 Å². The molecule has 0 radical (unpaired) electrons. The van der Waals surface area contributed by atoms with Gasteiger partial charge in [0, 0.05) is 11.5 Å². The number of anilines is 1. The number of nitrogens with zero attached hydrogens (tertiary/aromatic N) is 2. The first-order valence-corrected chi connectivity index (χ1v) is 6.24. The molecule has 0 spiro atoms. The van der Waals surface area contributed by atoms with Crippen molar-refractivity contribution in [2.45, 2.75) is 13.0 Å². The Bertz CT molecular complexity index is 518. The van der Waals surface area contributed by atoms with Crippen molar-refractivity contribution in [1.29, 1.82) is 0 Å². The zero-order chi connectivity index (χ0) is 13.4. The van der Waals surface area contributed by atoms with E-state index in [1.807, 2.05) is 19.1 Å². The molecule has 2 amide bonds. The number of carbonyl (C=O) groups excluding carboxylic acids is 1. The van der Waals surface area contributed by atoms with Crippen LogP contribution in [-0.4, -0.2) is 41.6 Å². The molecular formula is C12H13BrN2O3. The maximum absolute atomic E-state index is 12.0. The van der Waals surface area contributed by atoms with Crippen molar-refractivity contribution in [3.63, 3.8) is 0 Å². The topological polar surface area (TPSA) is 60.9 Å². The Morgan fingerprint density at radius 2 is 2.17 bits per heavy atom. The molecule has 2 rings (SSSR count). The van der Waals surface area contributed by atoms with Gasteiger partial charge in [-0.05, 0) is 40.5 Å². The molecule has 18 heavy (non-hydrogen) atoms. The third kappa shape index (κ3) is 2.08. The predicted octanol–water partition coefficient (Wildman–Crippen LogP) is 2.08. The Kier molecular flexibility index (Phi) is 3.30. The van der Waals surface area contributed by atoms with Crippen LogP contribution >= 0.6 is 15.9 Å². The van der Waals surface area contributed by atoms with E-state index in [4.69, 9.17) is 0 Å². The average molecular weight is 313 g/mol. The van der Waals surface area contributed by atoms with Crippen molar-refractivity contribution in [2.24, 2.45) is 0 Å². The zero-order valence-electron chi connectivity index (χ0n) is 10.1. The number of carboxylic acids is 1. The minimum absolute atomic E-state index is 0.189. The number of aryl methyl sites for hydroxylation is 1. The van der Waals surface area contributed by atoms with Gasteiger partial charge in [0.1, 0.15) is 0 Å². The number of hydrogen-bond donors (Lipinski definition) is 1. The molecule has 1 aliphatic rings. The SMILES string of the molecule is Cc1ccc(N2C(=O)N(C)CC2C(=O)O)c(Br)c1. The lowest BCUT2D eigenvalue weighted by Crippen LogP contribution is -2.39. The molecule has 1 aromatic carbocycles. The number of likely N-dealkylation sites (N-methyl/N-ethyl adjacent to an activating group) is 1. The van der Waals surface area contributed by atoms with E-state index in [-0.39, 0.29) is 12.6 Å². The summed E-state index contributed by atoms with van der Waals surface area (Å²) in [6.45, 7) is 2.12. The largest absolute Gasteiger partial charge is 0.480 e. The van der Waals surface area contributed by atoms with Crippen LogP contribution in [-0.2, 0) is 4.79 Å². The number of carboxylic acid groups (broad SMARTS) is 1. The normalized spacial score (nSPS) is 19.5. The Morgan fingerprint density at radius 1 is 1.50 bits per heavy atom. The summed E-state index contributed by atoms with van der Waals surface area (Å²) in [5.74, 6) is -1.000. The van der Waals surface area contributed by atoms with Gasteiger partial charge in [-0.25, -0.2) is 9.59 Å². The highest BCUT2D eigenvalue weighted by atomic mass is 79.9. The molecule has 0 aromatic heterocycles. The summed E-state index contributed by atoms with van der Waals surface area (Å²) < 4.78 is 0.720. The van der Waals surface area contributed by atoms with Gasteiger partial charge in [0.2, 0.25) is 0 Å². The second-order valence-electron chi connectivity index (χ2n) is 4.34. The molecule has 6 heteroatoms. The number of halogens is 1. The number of aliphatic carboxylic acids is 1. The molecule has 1 unspecified atom stereocenters. The first-order chi connectivity index (χ1) is 8.41. The van der Waals surface area contributed by atoms with Gasteiger partial charge in [0.15, 0.2) is 6.04 Å². The monoisotopic (exact) mass is 312 g/mol. The fourth-order valence-corrected chi connectivity index (χ4v) is 2.69. The second kappa shape index (κ2) is 4.61. The summed E-state index contributed by atoms with van der Waals surface area (Å²) in [5, 5.41) is 9.19. The van der Waals surface area contributed by atoms with E-state index < -0.39 is 12.0 Å². The summed E-state index contributed by atoms with van der Waals surface area (Å²) in [5.41, 5.74) is 1.62. The van der Waals surface area contributed by atoms with Crippen LogP contribution in [0.15, 0.2) is 22.7 Å². The maximum Gasteiger partial charge on any atom is 0.328 e. The number of hydrogen-bond acceptors (Lipinski definition) is 2. The van der Waals surface area contributed by atoms with Gasteiger partial charge in [0.25, 0.3) is 0 Å². The summed E-state index contributed by atoms with van der Waals surface area (Å²) in [6.07, 6.45) is 0. The Balaban J connectivity index is 2.46. The number of carbonyl (C=O) groups is 2. The van der Waals surface area contributed by atoms with Crippen molar-refractivity contribution in [3.05, 3.63) is 28.2 Å². The Labute approximate surface area is 113 Å². The maximum atomic E-state index is 12.0. The molecule has 0 saturated carbocycles. The van der Waals surface area contributed by atoms with E-state index in [2.05, 4.69) is 15.9 Å². The lowest BCUT2D eigenvalue weighted by atomic mass is 10.2. The van der Waals surface area contributed by atoms with E-state index in [1.165, 1.54) is 9.80 Å². The minimum Gasteiger partial charge on any atom is -0.480 e. The van der Waals surface area contributed by atoms with Crippen LogP contribution in [0, 0.1) is 6.92 Å². The van der Waals surface area contributed by atoms with Gasteiger partial charge in [-0.1, -0.05) is 6.07 Å². The highest BCUT2D eigenvalue weighted by Crippen LogP contribution is 2.32. The van der Waals surface area contributed by atoms with Gasteiger partial charge in [-0.15, -0.1) is 0 Å². The van der Waals surface area contributed by atoms with E-state index in [0.29, 0.717) is 5.69 Å². The minimum atomic E-state index is -1.000. The summed E-state index contributed by atoms with van der Waals surface area (Å²) in [4.78, 5) is 26.0. The molecule has 0 bridgehead atoms. The van der Waals surface area contributed by atoms with Crippen LogP contribution in [0.3, 0.4) is 0 Å². The first-order valence-electron chi connectivity index (χ1n) is 5.45. The third-order valence-corrected chi connectivity index (χ3v) is 3.57. The lowest BCUT2D eigenvalue weighted by molar-refractivity contribution is -0.138. The summed E-state index contributed by atoms with van der Waals surface area (Å²) in [6, 6.07) is 4.32. The smallest absolute Gasteiger partial charge is 0.328 e. The molecule has 1 aliphatic heterocycles. The van der Waals surface area contributed by atoms with Crippen LogP contribution in [0.1, 0.15) is 5.56 Å². The van der Waals surface area contributed by atoms with Gasteiger partial charge in [0.05, 0.1) is 12.2 Å². The van der Waals surface area contributed by atoms with E-state index in [0.717, 1.165) is 10.0 Å². The molecule has 1 atom stereocenters. The highest BCUT2D eigenvalue weighted by Gasteiger charge is 2.41. The Hall–Kier alpha value is -1.56. The third-order valence-electron chi connectivity index (χ3n) is 2.94. The Morgan fingerprint density at radius 3 is 2.72 bits per heavy atom. The average Bonchev–Trinajstić information content (AvgIpc) is 2.57. The number of benzene rings is 1. The molecular weight excluding hydrogens is 300 g/mol. The van der Waals surface area contributed by atoms with Crippen molar-refractivity contribution in [1.82, 2.24) is 4.90 Å². The lowest BCUT2D eigenvalue weighted by Gasteiger charge is -2.21. The fraction of sp³-hybridized carbons (Fsp3) is 0.333. The van der Waals surface area contributed by atoms with Gasteiger partial charge in [-0.2, -0.15) is 0 Å². The molecule has 1 fully saturated rings. The van der Waals surface area contributed by atoms with Gasteiger partial charge in [-0.3, -0.25) is 4.90 Å². The fourth-order valence-electron chi connectivity index (χ4n) is 2.00. The number of urea groups is 1. The first kappa shape index (κ1) is 12.9. The summed E-state index contributed by atoms with van der Waals surface area (Å²) in [7, 11) is 1.60. The quantitative estimate of drug-likeness (QED) is 0.909. The number of rotatable bonds is 2. The van der Waals surface area contributed by atoms with Gasteiger partial charge >= 0.3 is 12.0 Å². The van der Waals surface area contributed by atoms with Crippen molar-refractivity contribution < 1.29 is 14.7 Å². The van der Waals surface area contributed by atoms with E-state index in [1.54, 1.807) is 13.1 Å². The van der Waals surface area contributed by atoms with Crippen molar-refractivity contribution in [2.75, 3.05) is 18.5 Å².